The van der Waals surface area contributed by atoms with Crippen molar-refractivity contribution >= 4 is 32.6 Å². The number of aromatic amines is 1. The van der Waals surface area contributed by atoms with E-state index < -0.39 is 5.60 Å². The molecule has 5 heteroatoms. The average molecular weight is 455 g/mol. The van der Waals surface area contributed by atoms with Crippen molar-refractivity contribution in [2.75, 3.05) is 0 Å². The van der Waals surface area contributed by atoms with Gasteiger partial charge in [-0.25, -0.2) is 4.98 Å². The third-order valence-electron chi connectivity index (χ3n) is 6.01. The molecule has 0 bridgehead atoms. The molecule has 2 N–H and O–H groups in total. The van der Waals surface area contributed by atoms with Crippen LogP contribution in [-0.4, -0.2) is 20.7 Å². The van der Waals surface area contributed by atoms with E-state index in [4.69, 9.17) is 4.98 Å². The molecule has 0 fully saturated rings. The molecule has 0 aliphatic heterocycles. The number of nitrogens with one attached hydrogen (secondary N) is 1. The first-order valence-electron chi connectivity index (χ1n) is 11.3. The first kappa shape index (κ1) is 22.2. The van der Waals surface area contributed by atoms with E-state index in [1.54, 1.807) is 32.0 Å². The summed E-state index contributed by atoms with van der Waals surface area (Å²) in [7, 11) is 0. The average Bonchev–Trinajstić information content (AvgIpc) is 3.28. The van der Waals surface area contributed by atoms with Gasteiger partial charge in [0.15, 0.2) is 0 Å². The predicted octanol–water partition coefficient (Wildman–Crippen LogP) is 5.90. The van der Waals surface area contributed by atoms with Gasteiger partial charge in [0, 0.05) is 17.2 Å². The zero-order valence-electron chi connectivity index (χ0n) is 19.7. The van der Waals surface area contributed by atoms with Gasteiger partial charge < -0.3 is 10.1 Å². The zero-order chi connectivity index (χ0) is 24.7. The molecule has 0 saturated heterocycles. The topological polar surface area (TPSA) is 96.5 Å². The van der Waals surface area contributed by atoms with E-state index >= 15 is 0 Å². The van der Waals surface area contributed by atoms with Crippen LogP contribution in [0.2, 0.25) is 0 Å². The van der Waals surface area contributed by atoms with E-state index in [2.05, 4.69) is 60.2 Å². The van der Waals surface area contributed by atoms with Gasteiger partial charge in [0.25, 0.3) is 0 Å². The van der Waals surface area contributed by atoms with Crippen LogP contribution in [0, 0.1) is 41.4 Å². The second-order valence-electron chi connectivity index (χ2n) is 9.23. The Morgan fingerprint density at radius 3 is 2.29 bits per heavy atom. The van der Waals surface area contributed by atoms with Crippen molar-refractivity contribution in [2.45, 2.75) is 32.8 Å². The Bertz CT molecular complexity index is 1760. The number of aromatic nitrogens is 2. The maximum atomic E-state index is 9.90. The van der Waals surface area contributed by atoms with Gasteiger partial charge in [-0.05, 0) is 55.3 Å². The number of nitrogens with zero attached hydrogens (tertiary/aromatic N) is 3. The summed E-state index contributed by atoms with van der Waals surface area (Å²) < 4.78 is 0. The fourth-order valence-corrected chi connectivity index (χ4v) is 4.47. The molecule has 0 aliphatic carbocycles. The summed E-state index contributed by atoms with van der Waals surface area (Å²) in [6.07, 6.45) is 0.526. The highest BCUT2D eigenvalue weighted by molar-refractivity contribution is 6.23. The predicted molar refractivity (Wildman–Crippen MR) is 138 cm³/mol. The van der Waals surface area contributed by atoms with Crippen molar-refractivity contribution in [2.24, 2.45) is 0 Å². The van der Waals surface area contributed by atoms with Gasteiger partial charge in [-0.15, -0.1) is 0 Å². The van der Waals surface area contributed by atoms with E-state index in [1.807, 2.05) is 12.1 Å². The first-order chi connectivity index (χ1) is 16.8. The van der Waals surface area contributed by atoms with Crippen molar-refractivity contribution in [3.05, 3.63) is 76.9 Å². The molecule has 168 valence electrons. The number of nitriles is 2. The number of aryl methyl sites for hydroxylation is 1. The highest BCUT2D eigenvalue weighted by Gasteiger charge is 2.18. The molecule has 0 unspecified atom stereocenters. The Hall–Kier alpha value is -4.63. The Morgan fingerprint density at radius 2 is 1.60 bits per heavy atom. The number of rotatable bonds is 2. The lowest BCUT2D eigenvalue weighted by Crippen LogP contribution is -2.14. The van der Waals surface area contributed by atoms with Gasteiger partial charge in [0.2, 0.25) is 0 Å². The Morgan fingerprint density at radius 1 is 0.914 bits per heavy atom. The van der Waals surface area contributed by atoms with E-state index in [9.17, 15) is 15.6 Å². The van der Waals surface area contributed by atoms with Crippen molar-refractivity contribution < 1.29 is 5.11 Å². The molecular formula is C30H22N4O. The molecular weight excluding hydrogens is 432 g/mol. The molecule has 0 atom stereocenters. The summed E-state index contributed by atoms with van der Waals surface area (Å²) in [4.78, 5) is 8.32. The monoisotopic (exact) mass is 454 g/mol. The molecule has 5 nitrogen and oxygen atoms in total. The lowest BCUT2D eigenvalue weighted by Gasteiger charge is -2.09. The second-order valence-corrected chi connectivity index (χ2v) is 9.23. The summed E-state index contributed by atoms with van der Waals surface area (Å²) in [6.45, 7) is 5.41. The maximum Gasteiger partial charge on any atom is 0.141 e. The molecule has 0 saturated carbocycles. The van der Waals surface area contributed by atoms with Crippen LogP contribution in [0.1, 0.15) is 36.1 Å². The fourth-order valence-electron chi connectivity index (χ4n) is 4.47. The summed E-state index contributed by atoms with van der Waals surface area (Å²) in [5.74, 6) is 6.45. The summed E-state index contributed by atoms with van der Waals surface area (Å²) in [5.41, 5.74) is 4.15. The normalized spacial score (nSPS) is 11.3. The third kappa shape index (κ3) is 3.98. The van der Waals surface area contributed by atoms with E-state index in [0.717, 1.165) is 43.7 Å². The van der Waals surface area contributed by atoms with Gasteiger partial charge in [0.05, 0.1) is 39.9 Å². The fraction of sp³-hybridized carbons (Fsp3) is 0.167. The van der Waals surface area contributed by atoms with Crippen LogP contribution >= 0.6 is 0 Å². The molecule has 5 aromatic rings. The largest absolute Gasteiger partial charge is 0.378 e. The number of hydrogen-bond donors (Lipinski definition) is 2. The molecule has 5 rings (SSSR count). The maximum absolute atomic E-state index is 9.90. The van der Waals surface area contributed by atoms with Gasteiger partial charge in [-0.3, -0.25) is 0 Å². The lowest BCUT2D eigenvalue weighted by molar-refractivity contribution is 0.143. The van der Waals surface area contributed by atoms with Crippen molar-refractivity contribution in [3.8, 4) is 35.4 Å². The minimum Gasteiger partial charge on any atom is -0.378 e. The zero-order valence-corrected chi connectivity index (χ0v) is 19.7. The quantitative estimate of drug-likeness (QED) is 0.256. The molecule has 0 spiro atoms. The lowest BCUT2D eigenvalue weighted by atomic mass is 9.96. The standard InChI is InChI=1S/C30H22N4O/c1-18-9-11-22-24(14-18)25-15-19(6-5-13-30(2,3)35)10-12-23(25)28-27(22)33-29(34-28)26-20(16-31)7-4-8-21(26)17-32/h4,7-12,14-15,35H,6H2,1-3H3,(H,33,34). The smallest absolute Gasteiger partial charge is 0.141 e. The SMILES string of the molecule is Cc1ccc2c(c1)c1cc(CC#CC(C)(C)O)ccc1c1nc(-c3c(C#N)cccc3C#N)[nH]c21. The molecule has 1 aromatic heterocycles. The number of aliphatic hydroxyl groups is 1. The number of fused-ring (bicyclic) bond motifs is 6. The summed E-state index contributed by atoms with van der Waals surface area (Å²) >= 11 is 0. The van der Waals surface area contributed by atoms with E-state index in [1.165, 1.54) is 0 Å². The van der Waals surface area contributed by atoms with Crippen molar-refractivity contribution in [1.82, 2.24) is 9.97 Å². The van der Waals surface area contributed by atoms with E-state index in [-0.39, 0.29) is 0 Å². The molecule has 0 aliphatic rings. The van der Waals surface area contributed by atoms with Crippen LogP contribution in [0.3, 0.4) is 0 Å². The van der Waals surface area contributed by atoms with Gasteiger partial charge in [0.1, 0.15) is 11.4 Å². The number of hydrogen-bond acceptors (Lipinski definition) is 4. The van der Waals surface area contributed by atoms with Crippen LogP contribution < -0.4 is 0 Å². The van der Waals surface area contributed by atoms with Gasteiger partial charge in [-0.2, -0.15) is 10.5 Å². The molecule has 0 radical (unpaired) electrons. The van der Waals surface area contributed by atoms with Crippen molar-refractivity contribution in [3.63, 3.8) is 0 Å². The van der Waals surface area contributed by atoms with Crippen molar-refractivity contribution in [1.29, 1.82) is 10.5 Å². The Kier molecular flexibility index (Phi) is 5.26. The molecule has 1 heterocycles. The molecule has 4 aromatic carbocycles. The van der Waals surface area contributed by atoms with Crippen LogP contribution in [0.4, 0.5) is 0 Å². The minimum absolute atomic E-state index is 0.403. The number of H-pyrrole nitrogens is 1. The number of benzene rings is 4. The van der Waals surface area contributed by atoms with Gasteiger partial charge in [-0.1, -0.05) is 53.8 Å². The summed E-state index contributed by atoms with van der Waals surface area (Å²) in [6, 6.07) is 22.0. The van der Waals surface area contributed by atoms with Crippen LogP contribution in [0.5, 0.6) is 0 Å². The van der Waals surface area contributed by atoms with Gasteiger partial charge >= 0.3 is 0 Å². The molecule has 0 amide bonds. The third-order valence-corrected chi connectivity index (χ3v) is 6.01. The summed E-state index contributed by atoms with van der Waals surface area (Å²) in [5, 5.41) is 33.4. The minimum atomic E-state index is -1.03. The highest BCUT2D eigenvalue weighted by atomic mass is 16.3. The highest BCUT2D eigenvalue weighted by Crippen LogP contribution is 2.37. The van der Waals surface area contributed by atoms with Crippen LogP contribution in [0.15, 0.2) is 54.6 Å². The Labute approximate surface area is 203 Å². The van der Waals surface area contributed by atoms with Crippen LogP contribution in [0.25, 0.3) is 44.0 Å². The Balaban J connectivity index is 1.81. The first-order valence-corrected chi connectivity index (χ1v) is 11.3. The van der Waals surface area contributed by atoms with Crippen LogP contribution in [-0.2, 0) is 6.42 Å². The van der Waals surface area contributed by atoms with E-state index in [0.29, 0.717) is 28.9 Å². The molecule has 35 heavy (non-hydrogen) atoms. The number of imidazole rings is 1. The second kappa shape index (κ2) is 8.30.